The van der Waals surface area contributed by atoms with Crippen LogP contribution in [0.2, 0.25) is 0 Å². The van der Waals surface area contributed by atoms with Crippen molar-refractivity contribution in [1.29, 1.82) is 0 Å². The van der Waals surface area contributed by atoms with Crippen LogP contribution in [0.5, 0.6) is 0 Å². The summed E-state index contributed by atoms with van der Waals surface area (Å²) in [6, 6.07) is 5.55. The van der Waals surface area contributed by atoms with Gasteiger partial charge in [0.1, 0.15) is 11.5 Å². The lowest BCUT2D eigenvalue weighted by Crippen LogP contribution is -2.05. The molecule has 0 atom stereocenters. The third-order valence-corrected chi connectivity index (χ3v) is 2.90. The van der Waals surface area contributed by atoms with Gasteiger partial charge in [0.15, 0.2) is 11.4 Å². The second-order valence-electron chi connectivity index (χ2n) is 3.98. The maximum Gasteiger partial charge on any atom is 0.158 e. The van der Waals surface area contributed by atoms with E-state index in [2.05, 4.69) is 10.1 Å². The van der Waals surface area contributed by atoms with Crippen LogP contribution in [0.4, 0.5) is 5.82 Å². The molecule has 0 aliphatic rings. The quantitative estimate of drug-likeness (QED) is 0.693. The number of hydrogen-bond donors (Lipinski definition) is 1. The molecule has 0 fully saturated rings. The Morgan fingerprint density at radius 2 is 2.18 bits per heavy atom. The molecule has 5 heteroatoms. The van der Waals surface area contributed by atoms with E-state index in [1.165, 1.54) is 0 Å². The number of aromatic nitrogens is 3. The zero-order chi connectivity index (χ0) is 12.0. The van der Waals surface area contributed by atoms with E-state index in [1.807, 2.05) is 32.0 Å². The summed E-state index contributed by atoms with van der Waals surface area (Å²) in [5.74, 6) is 1.33. The standard InChI is InChI=1S/C12H12N4O/c1-7-8(2)14-11-6-9(10-4-3-5-17-10)15-16(11)12(7)13/h3-6H,13H2,1-2H3. The summed E-state index contributed by atoms with van der Waals surface area (Å²) < 4.78 is 6.94. The van der Waals surface area contributed by atoms with E-state index in [-0.39, 0.29) is 0 Å². The van der Waals surface area contributed by atoms with E-state index >= 15 is 0 Å². The van der Waals surface area contributed by atoms with Crippen molar-refractivity contribution in [2.45, 2.75) is 13.8 Å². The summed E-state index contributed by atoms with van der Waals surface area (Å²) >= 11 is 0. The normalized spacial score (nSPS) is 11.2. The summed E-state index contributed by atoms with van der Waals surface area (Å²) in [6.45, 7) is 3.87. The number of anilines is 1. The number of nitrogen functional groups attached to an aromatic ring is 1. The van der Waals surface area contributed by atoms with Crippen molar-refractivity contribution in [2.75, 3.05) is 5.73 Å². The Labute approximate surface area is 97.9 Å². The molecule has 0 saturated heterocycles. The Balaban J connectivity index is 2.30. The average Bonchev–Trinajstić information content (AvgIpc) is 2.93. The molecule has 0 aliphatic carbocycles. The lowest BCUT2D eigenvalue weighted by molar-refractivity contribution is 0.579. The molecule has 0 radical (unpaired) electrons. The Bertz CT molecular complexity index is 682. The van der Waals surface area contributed by atoms with Crippen molar-refractivity contribution in [3.8, 4) is 11.5 Å². The Morgan fingerprint density at radius 3 is 2.88 bits per heavy atom. The Hall–Kier alpha value is -2.30. The van der Waals surface area contributed by atoms with Crippen LogP contribution in [0.3, 0.4) is 0 Å². The van der Waals surface area contributed by atoms with Crippen molar-refractivity contribution in [2.24, 2.45) is 0 Å². The molecular weight excluding hydrogens is 216 g/mol. The lowest BCUT2D eigenvalue weighted by Gasteiger charge is -2.04. The highest BCUT2D eigenvalue weighted by atomic mass is 16.3. The summed E-state index contributed by atoms with van der Waals surface area (Å²) in [6.07, 6.45) is 1.62. The molecule has 17 heavy (non-hydrogen) atoms. The van der Waals surface area contributed by atoms with Gasteiger partial charge in [-0.15, -0.1) is 0 Å². The molecule has 86 valence electrons. The number of fused-ring (bicyclic) bond motifs is 1. The molecule has 3 aromatic rings. The molecule has 0 aromatic carbocycles. The minimum Gasteiger partial charge on any atom is -0.463 e. The summed E-state index contributed by atoms with van der Waals surface area (Å²) in [4.78, 5) is 4.45. The van der Waals surface area contributed by atoms with E-state index in [0.717, 1.165) is 22.6 Å². The predicted octanol–water partition coefficient (Wildman–Crippen LogP) is 2.19. The SMILES string of the molecule is Cc1nc2cc(-c3ccco3)nn2c(N)c1C. The van der Waals surface area contributed by atoms with Crippen LogP contribution in [-0.2, 0) is 0 Å². The molecule has 2 N–H and O–H groups in total. The average molecular weight is 228 g/mol. The fourth-order valence-corrected chi connectivity index (χ4v) is 1.77. The number of nitrogens with zero attached hydrogens (tertiary/aromatic N) is 3. The van der Waals surface area contributed by atoms with E-state index in [0.29, 0.717) is 11.6 Å². The molecule has 0 bridgehead atoms. The van der Waals surface area contributed by atoms with E-state index in [4.69, 9.17) is 10.2 Å². The van der Waals surface area contributed by atoms with Gasteiger partial charge in [-0.25, -0.2) is 4.98 Å². The van der Waals surface area contributed by atoms with Crippen LogP contribution in [0, 0.1) is 13.8 Å². The monoisotopic (exact) mass is 228 g/mol. The van der Waals surface area contributed by atoms with Gasteiger partial charge in [0.05, 0.1) is 6.26 Å². The molecule has 0 aliphatic heterocycles. The van der Waals surface area contributed by atoms with Crippen molar-refractivity contribution >= 4 is 11.5 Å². The molecule has 3 rings (SSSR count). The molecule has 5 nitrogen and oxygen atoms in total. The Morgan fingerprint density at radius 1 is 1.35 bits per heavy atom. The smallest absolute Gasteiger partial charge is 0.158 e. The van der Waals surface area contributed by atoms with E-state index in [9.17, 15) is 0 Å². The maximum atomic E-state index is 6.02. The molecule has 3 aromatic heterocycles. The van der Waals surface area contributed by atoms with Crippen molar-refractivity contribution in [1.82, 2.24) is 14.6 Å². The number of aryl methyl sites for hydroxylation is 1. The van der Waals surface area contributed by atoms with Gasteiger partial charge < -0.3 is 10.2 Å². The first kappa shape index (κ1) is 9.89. The zero-order valence-electron chi connectivity index (χ0n) is 9.64. The third kappa shape index (κ3) is 1.39. The first-order valence-electron chi connectivity index (χ1n) is 5.33. The van der Waals surface area contributed by atoms with Gasteiger partial charge in [-0.2, -0.15) is 9.61 Å². The summed E-state index contributed by atoms with van der Waals surface area (Å²) in [7, 11) is 0. The summed E-state index contributed by atoms with van der Waals surface area (Å²) in [5, 5.41) is 4.39. The van der Waals surface area contributed by atoms with Crippen LogP contribution in [0.25, 0.3) is 17.1 Å². The van der Waals surface area contributed by atoms with Crippen LogP contribution in [0.15, 0.2) is 28.9 Å². The first-order valence-corrected chi connectivity index (χ1v) is 5.33. The minimum absolute atomic E-state index is 0.616. The molecule has 0 amide bonds. The molecule has 0 unspecified atom stereocenters. The fourth-order valence-electron chi connectivity index (χ4n) is 1.77. The second kappa shape index (κ2) is 3.35. The fraction of sp³-hybridized carbons (Fsp3) is 0.167. The van der Waals surface area contributed by atoms with Crippen molar-refractivity contribution in [3.05, 3.63) is 35.7 Å². The van der Waals surface area contributed by atoms with E-state index < -0.39 is 0 Å². The zero-order valence-corrected chi connectivity index (χ0v) is 9.64. The van der Waals surface area contributed by atoms with Gasteiger partial charge in [0, 0.05) is 17.3 Å². The van der Waals surface area contributed by atoms with Crippen molar-refractivity contribution in [3.63, 3.8) is 0 Å². The largest absolute Gasteiger partial charge is 0.463 e. The van der Waals surface area contributed by atoms with E-state index in [1.54, 1.807) is 10.8 Å². The van der Waals surface area contributed by atoms with Crippen LogP contribution in [-0.4, -0.2) is 14.6 Å². The highest BCUT2D eigenvalue weighted by Crippen LogP contribution is 2.22. The van der Waals surface area contributed by atoms with Gasteiger partial charge >= 0.3 is 0 Å². The molecular formula is C12H12N4O. The van der Waals surface area contributed by atoms with Gasteiger partial charge in [-0.05, 0) is 26.0 Å². The van der Waals surface area contributed by atoms with Gasteiger partial charge in [0.2, 0.25) is 0 Å². The van der Waals surface area contributed by atoms with Gasteiger partial charge in [-0.3, -0.25) is 0 Å². The third-order valence-electron chi connectivity index (χ3n) is 2.90. The maximum absolute atomic E-state index is 6.02. The van der Waals surface area contributed by atoms with Gasteiger partial charge in [-0.1, -0.05) is 0 Å². The highest BCUT2D eigenvalue weighted by molar-refractivity contribution is 5.62. The predicted molar refractivity (Wildman–Crippen MR) is 64.6 cm³/mol. The molecule has 0 spiro atoms. The second-order valence-corrected chi connectivity index (χ2v) is 3.98. The first-order chi connectivity index (χ1) is 8.16. The minimum atomic E-state index is 0.616. The Kier molecular flexibility index (Phi) is 1.95. The number of hydrogen-bond acceptors (Lipinski definition) is 4. The van der Waals surface area contributed by atoms with Crippen LogP contribution < -0.4 is 5.73 Å². The van der Waals surface area contributed by atoms with Gasteiger partial charge in [0.25, 0.3) is 0 Å². The molecule has 0 saturated carbocycles. The number of furan rings is 1. The van der Waals surface area contributed by atoms with Crippen molar-refractivity contribution < 1.29 is 4.42 Å². The summed E-state index contributed by atoms with van der Waals surface area (Å²) in [5.41, 5.74) is 9.35. The number of rotatable bonds is 1. The highest BCUT2D eigenvalue weighted by Gasteiger charge is 2.12. The van der Waals surface area contributed by atoms with Crippen LogP contribution in [0.1, 0.15) is 11.3 Å². The lowest BCUT2D eigenvalue weighted by atomic mass is 10.2. The molecule has 3 heterocycles. The topological polar surface area (TPSA) is 69.3 Å². The van der Waals surface area contributed by atoms with Crippen LogP contribution >= 0.6 is 0 Å². The number of nitrogens with two attached hydrogens (primary N) is 1.